The standard InChI is InChI=1S/C15H20N4/c16-10-12-4-3-6-13(12)18-14-5-1-2-7-15(14)19-9-8-17-11-19/h1-2,5,7-9,11-13,18H,3-4,6,10,16H2. The van der Waals surface area contributed by atoms with E-state index in [1.54, 1.807) is 6.20 Å². The summed E-state index contributed by atoms with van der Waals surface area (Å²) in [7, 11) is 0. The summed E-state index contributed by atoms with van der Waals surface area (Å²) in [5, 5.41) is 3.67. The summed E-state index contributed by atoms with van der Waals surface area (Å²) in [6, 6.07) is 8.84. The van der Waals surface area contributed by atoms with Crippen molar-refractivity contribution in [1.29, 1.82) is 0 Å². The van der Waals surface area contributed by atoms with Crippen molar-refractivity contribution < 1.29 is 0 Å². The Balaban J connectivity index is 1.85. The van der Waals surface area contributed by atoms with Crippen LogP contribution in [0, 0.1) is 5.92 Å². The molecule has 100 valence electrons. The van der Waals surface area contributed by atoms with Crippen LogP contribution >= 0.6 is 0 Å². The summed E-state index contributed by atoms with van der Waals surface area (Å²) in [4.78, 5) is 4.12. The minimum Gasteiger partial charge on any atom is -0.380 e. The van der Waals surface area contributed by atoms with E-state index in [0.717, 1.165) is 17.9 Å². The van der Waals surface area contributed by atoms with Gasteiger partial charge in [0, 0.05) is 18.4 Å². The number of benzene rings is 1. The Hall–Kier alpha value is -1.81. The van der Waals surface area contributed by atoms with Crippen LogP contribution in [0.1, 0.15) is 19.3 Å². The molecule has 0 spiro atoms. The highest BCUT2D eigenvalue weighted by atomic mass is 15.1. The zero-order valence-corrected chi connectivity index (χ0v) is 11.0. The van der Waals surface area contributed by atoms with E-state index in [2.05, 4.69) is 34.6 Å². The molecule has 0 amide bonds. The second-order valence-electron chi connectivity index (χ2n) is 5.16. The molecule has 1 heterocycles. The van der Waals surface area contributed by atoms with Crippen LogP contribution in [0.25, 0.3) is 5.69 Å². The number of nitrogens with one attached hydrogen (secondary N) is 1. The Morgan fingerprint density at radius 2 is 2.21 bits per heavy atom. The molecule has 1 fully saturated rings. The lowest BCUT2D eigenvalue weighted by atomic mass is 10.0. The number of nitrogens with zero attached hydrogens (tertiary/aromatic N) is 2. The molecule has 0 radical (unpaired) electrons. The third kappa shape index (κ3) is 2.49. The monoisotopic (exact) mass is 256 g/mol. The van der Waals surface area contributed by atoms with Crippen LogP contribution in [0.2, 0.25) is 0 Å². The van der Waals surface area contributed by atoms with Gasteiger partial charge in [0.1, 0.15) is 0 Å². The van der Waals surface area contributed by atoms with Crippen molar-refractivity contribution >= 4 is 5.69 Å². The predicted molar refractivity (Wildman–Crippen MR) is 77.4 cm³/mol. The van der Waals surface area contributed by atoms with Crippen LogP contribution in [-0.4, -0.2) is 22.1 Å². The lowest BCUT2D eigenvalue weighted by molar-refractivity contribution is 0.516. The van der Waals surface area contributed by atoms with Crippen molar-refractivity contribution in [2.75, 3.05) is 11.9 Å². The molecule has 1 aromatic heterocycles. The molecule has 2 unspecified atom stereocenters. The third-order valence-corrected chi connectivity index (χ3v) is 3.99. The van der Waals surface area contributed by atoms with Gasteiger partial charge >= 0.3 is 0 Å². The van der Waals surface area contributed by atoms with Gasteiger partial charge in [0.2, 0.25) is 0 Å². The summed E-state index contributed by atoms with van der Waals surface area (Å²) >= 11 is 0. The van der Waals surface area contributed by atoms with Crippen LogP contribution in [-0.2, 0) is 0 Å². The highest BCUT2D eigenvalue weighted by molar-refractivity contribution is 5.61. The van der Waals surface area contributed by atoms with Gasteiger partial charge in [-0.3, -0.25) is 0 Å². The minimum absolute atomic E-state index is 0.495. The van der Waals surface area contributed by atoms with E-state index in [1.165, 1.54) is 19.3 Å². The van der Waals surface area contributed by atoms with Gasteiger partial charge in [0.15, 0.2) is 0 Å². The summed E-state index contributed by atoms with van der Waals surface area (Å²) < 4.78 is 2.04. The molecule has 2 atom stereocenters. The van der Waals surface area contributed by atoms with Crippen molar-refractivity contribution in [2.24, 2.45) is 11.7 Å². The summed E-state index contributed by atoms with van der Waals surface area (Å²) in [6.07, 6.45) is 9.31. The quantitative estimate of drug-likeness (QED) is 0.883. The lowest BCUT2D eigenvalue weighted by Gasteiger charge is -2.22. The van der Waals surface area contributed by atoms with E-state index in [-0.39, 0.29) is 0 Å². The molecule has 3 N–H and O–H groups in total. The fourth-order valence-corrected chi connectivity index (χ4v) is 2.93. The molecule has 4 nitrogen and oxygen atoms in total. The van der Waals surface area contributed by atoms with Crippen molar-refractivity contribution in [1.82, 2.24) is 9.55 Å². The molecule has 1 saturated carbocycles. The van der Waals surface area contributed by atoms with Crippen LogP contribution in [0.15, 0.2) is 43.0 Å². The Morgan fingerprint density at radius 3 is 3.00 bits per heavy atom. The van der Waals surface area contributed by atoms with Crippen LogP contribution in [0.3, 0.4) is 0 Å². The molecular formula is C15H20N4. The van der Waals surface area contributed by atoms with Gasteiger partial charge in [-0.1, -0.05) is 18.6 Å². The number of hydrogen-bond donors (Lipinski definition) is 2. The topological polar surface area (TPSA) is 55.9 Å². The maximum Gasteiger partial charge on any atom is 0.0992 e. The molecular weight excluding hydrogens is 236 g/mol. The largest absolute Gasteiger partial charge is 0.380 e. The zero-order chi connectivity index (χ0) is 13.1. The highest BCUT2D eigenvalue weighted by Crippen LogP contribution is 2.30. The zero-order valence-electron chi connectivity index (χ0n) is 11.0. The lowest BCUT2D eigenvalue weighted by Crippen LogP contribution is -2.29. The van der Waals surface area contributed by atoms with E-state index in [0.29, 0.717) is 12.0 Å². The molecule has 3 rings (SSSR count). The number of anilines is 1. The van der Waals surface area contributed by atoms with Crippen LogP contribution < -0.4 is 11.1 Å². The van der Waals surface area contributed by atoms with Gasteiger partial charge in [-0.15, -0.1) is 0 Å². The second kappa shape index (κ2) is 5.45. The van der Waals surface area contributed by atoms with Gasteiger partial charge in [0.25, 0.3) is 0 Å². The molecule has 2 aromatic rings. The third-order valence-electron chi connectivity index (χ3n) is 3.99. The van der Waals surface area contributed by atoms with Crippen molar-refractivity contribution in [3.8, 4) is 5.69 Å². The number of rotatable bonds is 4. The van der Waals surface area contributed by atoms with E-state index in [1.807, 2.05) is 17.1 Å². The number of hydrogen-bond acceptors (Lipinski definition) is 3. The first-order valence-electron chi connectivity index (χ1n) is 6.92. The number of nitrogens with two attached hydrogens (primary N) is 1. The van der Waals surface area contributed by atoms with Crippen molar-refractivity contribution in [3.63, 3.8) is 0 Å². The summed E-state index contributed by atoms with van der Waals surface area (Å²) in [5.41, 5.74) is 8.15. The van der Waals surface area contributed by atoms with E-state index in [4.69, 9.17) is 5.73 Å². The highest BCUT2D eigenvalue weighted by Gasteiger charge is 2.26. The molecule has 1 aliphatic carbocycles. The van der Waals surface area contributed by atoms with Gasteiger partial charge < -0.3 is 15.6 Å². The number of para-hydroxylation sites is 2. The van der Waals surface area contributed by atoms with Crippen LogP contribution in [0.4, 0.5) is 5.69 Å². The summed E-state index contributed by atoms with van der Waals surface area (Å²) in [5.74, 6) is 0.593. The van der Waals surface area contributed by atoms with Gasteiger partial charge in [-0.05, 0) is 37.4 Å². The maximum atomic E-state index is 5.86. The SMILES string of the molecule is NCC1CCCC1Nc1ccccc1-n1ccnc1. The first-order chi connectivity index (χ1) is 9.38. The van der Waals surface area contributed by atoms with E-state index < -0.39 is 0 Å². The van der Waals surface area contributed by atoms with E-state index in [9.17, 15) is 0 Å². The normalized spacial score (nSPS) is 22.6. The Kier molecular flexibility index (Phi) is 3.51. The average molecular weight is 256 g/mol. The first-order valence-corrected chi connectivity index (χ1v) is 6.92. The Morgan fingerprint density at radius 1 is 1.32 bits per heavy atom. The maximum absolute atomic E-state index is 5.86. The number of imidazole rings is 1. The van der Waals surface area contributed by atoms with Crippen molar-refractivity contribution in [2.45, 2.75) is 25.3 Å². The fraction of sp³-hybridized carbons (Fsp3) is 0.400. The predicted octanol–water partition coefficient (Wildman–Crippen LogP) is 2.41. The molecule has 4 heteroatoms. The van der Waals surface area contributed by atoms with Gasteiger partial charge in [-0.2, -0.15) is 0 Å². The second-order valence-corrected chi connectivity index (χ2v) is 5.16. The number of aromatic nitrogens is 2. The molecule has 1 aliphatic rings. The molecule has 19 heavy (non-hydrogen) atoms. The van der Waals surface area contributed by atoms with Gasteiger partial charge in [0.05, 0.1) is 17.7 Å². The Bertz CT molecular complexity index is 521. The molecule has 1 aromatic carbocycles. The molecule has 0 saturated heterocycles. The first kappa shape index (κ1) is 12.2. The smallest absolute Gasteiger partial charge is 0.0992 e. The molecule has 0 aliphatic heterocycles. The average Bonchev–Trinajstić information content (AvgIpc) is 3.10. The minimum atomic E-state index is 0.495. The van der Waals surface area contributed by atoms with E-state index >= 15 is 0 Å². The Labute approximate surface area is 113 Å². The van der Waals surface area contributed by atoms with Crippen LogP contribution in [0.5, 0.6) is 0 Å². The fourth-order valence-electron chi connectivity index (χ4n) is 2.93. The summed E-state index contributed by atoms with van der Waals surface area (Å²) in [6.45, 7) is 0.769. The van der Waals surface area contributed by atoms with Gasteiger partial charge in [-0.25, -0.2) is 4.98 Å². The molecule has 0 bridgehead atoms. The van der Waals surface area contributed by atoms with Crippen molar-refractivity contribution in [3.05, 3.63) is 43.0 Å².